The van der Waals surface area contributed by atoms with Crippen LogP contribution in [0.1, 0.15) is 41.8 Å². The van der Waals surface area contributed by atoms with Crippen LogP contribution in [-0.2, 0) is 5.54 Å². The molecule has 1 fully saturated rings. The van der Waals surface area contributed by atoms with Gasteiger partial charge < -0.3 is 10.2 Å². The maximum atomic E-state index is 13.0. The normalized spacial score (nSPS) is 23.2. The Hall–Kier alpha value is -3.02. The number of aliphatic imine (C=N–C) groups is 2. The quantitative estimate of drug-likeness (QED) is 0.848. The molecule has 3 heterocycles. The Morgan fingerprint density at radius 3 is 2.62 bits per heavy atom. The standard InChI is InChI=1S/C23H27N5O/c1-16(2)23(14-24-15-26-23)19-7-5-18(6-8-19)22(29)28-11-10-20(13-28)27-21-9-4-17(3)12-25-21/h4-9,12,14-16,20H,10-11,13H2,1-3H3,(H,25,27)/t20-,23+/m0/s1. The number of nitrogens with one attached hydrogen (secondary N) is 1. The molecule has 0 bridgehead atoms. The second kappa shape index (κ2) is 7.78. The van der Waals surface area contributed by atoms with Crippen LogP contribution in [0.3, 0.4) is 0 Å². The highest BCUT2D eigenvalue weighted by atomic mass is 16.2. The van der Waals surface area contributed by atoms with Gasteiger partial charge in [-0.1, -0.05) is 32.0 Å². The van der Waals surface area contributed by atoms with Gasteiger partial charge in [-0.25, -0.2) is 9.98 Å². The van der Waals surface area contributed by atoms with Crippen LogP contribution in [0.4, 0.5) is 5.82 Å². The third-order valence-corrected chi connectivity index (χ3v) is 5.82. The average Bonchev–Trinajstić information content (AvgIpc) is 3.40. The van der Waals surface area contributed by atoms with E-state index in [-0.39, 0.29) is 17.9 Å². The molecule has 29 heavy (non-hydrogen) atoms. The molecule has 2 aliphatic rings. The molecule has 1 saturated heterocycles. The van der Waals surface area contributed by atoms with Crippen LogP contribution in [0.5, 0.6) is 0 Å². The maximum Gasteiger partial charge on any atom is 0.253 e. The Kier molecular flexibility index (Phi) is 5.18. The first-order valence-corrected chi connectivity index (χ1v) is 10.1. The number of anilines is 1. The molecule has 1 aromatic heterocycles. The number of amides is 1. The lowest BCUT2D eigenvalue weighted by atomic mass is 9.81. The molecule has 1 N–H and O–H groups in total. The number of carbonyl (C=O) groups is 1. The first-order valence-electron chi connectivity index (χ1n) is 10.1. The molecule has 150 valence electrons. The monoisotopic (exact) mass is 389 g/mol. The molecule has 0 spiro atoms. The topological polar surface area (TPSA) is 70.0 Å². The number of aryl methyl sites for hydroxylation is 1. The Morgan fingerprint density at radius 2 is 2.00 bits per heavy atom. The van der Waals surface area contributed by atoms with Crippen LogP contribution in [0, 0.1) is 12.8 Å². The molecule has 4 rings (SSSR count). The Labute approximate surface area is 171 Å². The van der Waals surface area contributed by atoms with Gasteiger partial charge in [-0.3, -0.25) is 9.79 Å². The van der Waals surface area contributed by atoms with Crippen molar-refractivity contribution in [2.45, 2.75) is 38.8 Å². The largest absolute Gasteiger partial charge is 0.365 e. The first-order chi connectivity index (χ1) is 14.0. The summed E-state index contributed by atoms with van der Waals surface area (Å²) in [5.41, 5.74) is 2.48. The van der Waals surface area contributed by atoms with Crippen molar-refractivity contribution in [3.63, 3.8) is 0 Å². The molecule has 0 radical (unpaired) electrons. The molecule has 2 aromatic rings. The molecule has 1 aromatic carbocycles. The van der Waals surface area contributed by atoms with Gasteiger partial charge in [0.2, 0.25) is 0 Å². The van der Waals surface area contributed by atoms with E-state index in [1.807, 2.05) is 60.6 Å². The summed E-state index contributed by atoms with van der Waals surface area (Å²) in [5, 5.41) is 3.43. The Balaban J connectivity index is 1.42. The zero-order chi connectivity index (χ0) is 20.4. The van der Waals surface area contributed by atoms with Crippen LogP contribution in [0.2, 0.25) is 0 Å². The summed E-state index contributed by atoms with van der Waals surface area (Å²) in [7, 11) is 0. The van der Waals surface area contributed by atoms with Gasteiger partial charge in [-0.15, -0.1) is 0 Å². The number of pyridine rings is 1. The number of aromatic nitrogens is 1. The number of nitrogens with zero attached hydrogens (tertiary/aromatic N) is 4. The van der Waals surface area contributed by atoms with E-state index in [9.17, 15) is 4.79 Å². The van der Waals surface area contributed by atoms with E-state index in [0.29, 0.717) is 12.1 Å². The third-order valence-electron chi connectivity index (χ3n) is 5.82. The number of likely N-dealkylation sites (tertiary alicyclic amines) is 1. The second-order valence-corrected chi connectivity index (χ2v) is 8.18. The smallest absolute Gasteiger partial charge is 0.253 e. The zero-order valence-electron chi connectivity index (χ0n) is 17.2. The van der Waals surface area contributed by atoms with Crippen molar-refractivity contribution in [2.75, 3.05) is 18.4 Å². The van der Waals surface area contributed by atoms with Gasteiger partial charge in [0, 0.05) is 37.1 Å². The molecule has 1 amide bonds. The van der Waals surface area contributed by atoms with Crippen molar-refractivity contribution in [2.24, 2.45) is 15.9 Å². The minimum Gasteiger partial charge on any atom is -0.365 e. The molecule has 2 atom stereocenters. The van der Waals surface area contributed by atoms with E-state index in [1.54, 1.807) is 6.34 Å². The fourth-order valence-electron chi connectivity index (χ4n) is 3.98. The third kappa shape index (κ3) is 3.79. The predicted octanol–water partition coefficient (Wildman–Crippen LogP) is 3.68. The van der Waals surface area contributed by atoms with E-state index < -0.39 is 5.54 Å². The van der Waals surface area contributed by atoms with Gasteiger partial charge in [-0.05, 0) is 48.6 Å². The van der Waals surface area contributed by atoms with Crippen molar-refractivity contribution in [3.8, 4) is 0 Å². The number of benzene rings is 1. The van der Waals surface area contributed by atoms with Gasteiger partial charge in [0.1, 0.15) is 17.7 Å². The lowest BCUT2D eigenvalue weighted by molar-refractivity contribution is 0.0791. The lowest BCUT2D eigenvalue weighted by Gasteiger charge is -2.28. The summed E-state index contributed by atoms with van der Waals surface area (Å²) in [6.07, 6.45) is 6.27. The Morgan fingerprint density at radius 1 is 1.21 bits per heavy atom. The molecule has 0 saturated carbocycles. The minimum absolute atomic E-state index is 0.0694. The molecule has 6 heteroatoms. The number of hydrogen-bond acceptors (Lipinski definition) is 5. The summed E-state index contributed by atoms with van der Waals surface area (Å²) in [6, 6.07) is 12.1. The predicted molar refractivity (Wildman–Crippen MR) is 117 cm³/mol. The van der Waals surface area contributed by atoms with Crippen LogP contribution >= 0.6 is 0 Å². The summed E-state index contributed by atoms with van der Waals surface area (Å²) in [6.45, 7) is 7.72. The Bertz CT molecular complexity index is 919. The summed E-state index contributed by atoms with van der Waals surface area (Å²) >= 11 is 0. The number of rotatable bonds is 5. The molecule has 0 aliphatic carbocycles. The maximum absolute atomic E-state index is 13.0. The molecule has 2 aliphatic heterocycles. The lowest BCUT2D eigenvalue weighted by Crippen LogP contribution is -2.32. The van der Waals surface area contributed by atoms with Crippen molar-refractivity contribution in [3.05, 3.63) is 59.3 Å². The van der Waals surface area contributed by atoms with E-state index in [0.717, 1.165) is 29.9 Å². The number of hydrogen-bond donors (Lipinski definition) is 1. The van der Waals surface area contributed by atoms with Gasteiger partial charge in [0.05, 0.1) is 0 Å². The van der Waals surface area contributed by atoms with Crippen LogP contribution in [0.25, 0.3) is 0 Å². The van der Waals surface area contributed by atoms with Crippen LogP contribution < -0.4 is 5.32 Å². The van der Waals surface area contributed by atoms with Gasteiger partial charge >= 0.3 is 0 Å². The van der Waals surface area contributed by atoms with Crippen molar-refractivity contribution >= 4 is 24.3 Å². The molecular weight excluding hydrogens is 362 g/mol. The summed E-state index contributed by atoms with van der Waals surface area (Å²) < 4.78 is 0. The molecule has 6 nitrogen and oxygen atoms in total. The highest BCUT2D eigenvalue weighted by Crippen LogP contribution is 2.34. The van der Waals surface area contributed by atoms with Crippen LogP contribution in [0.15, 0.2) is 52.6 Å². The number of carbonyl (C=O) groups excluding carboxylic acids is 1. The van der Waals surface area contributed by atoms with E-state index >= 15 is 0 Å². The van der Waals surface area contributed by atoms with Gasteiger partial charge in [0.15, 0.2) is 0 Å². The van der Waals surface area contributed by atoms with Crippen LogP contribution in [-0.4, -0.2) is 47.5 Å². The zero-order valence-corrected chi connectivity index (χ0v) is 17.2. The van der Waals surface area contributed by atoms with Crippen molar-refractivity contribution in [1.29, 1.82) is 0 Å². The SMILES string of the molecule is Cc1ccc(N[C@H]2CCN(C(=O)c3ccc([C@]4(C(C)C)C=NC=N4)cc3)C2)nc1. The average molecular weight is 390 g/mol. The van der Waals surface area contributed by atoms with E-state index in [2.05, 4.69) is 34.1 Å². The fourth-order valence-corrected chi connectivity index (χ4v) is 3.98. The van der Waals surface area contributed by atoms with E-state index in [4.69, 9.17) is 0 Å². The highest BCUT2D eigenvalue weighted by molar-refractivity contribution is 5.95. The van der Waals surface area contributed by atoms with Gasteiger partial charge in [-0.2, -0.15) is 0 Å². The molecular formula is C23H27N5O. The minimum atomic E-state index is -0.425. The summed E-state index contributed by atoms with van der Waals surface area (Å²) in [5.74, 6) is 1.21. The summed E-state index contributed by atoms with van der Waals surface area (Å²) in [4.78, 5) is 28.1. The fraction of sp³-hybridized carbons (Fsp3) is 0.391. The van der Waals surface area contributed by atoms with Crippen molar-refractivity contribution in [1.82, 2.24) is 9.88 Å². The van der Waals surface area contributed by atoms with Gasteiger partial charge in [0.25, 0.3) is 5.91 Å². The first kappa shape index (κ1) is 19.3. The van der Waals surface area contributed by atoms with E-state index in [1.165, 1.54) is 0 Å². The second-order valence-electron chi connectivity index (χ2n) is 8.18. The molecule has 0 unspecified atom stereocenters. The highest BCUT2D eigenvalue weighted by Gasteiger charge is 2.35. The van der Waals surface area contributed by atoms with Crippen molar-refractivity contribution < 1.29 is 4.79 Å².